The van der Waals surface area contributed by atoms with Gasteiger partial charge in [0.05, 0.1) is 5.75 Å². The van der Waals surface area contributed by atoms with Gasteiger partial charge in [-0.05, 0) is 12.8 Å². The Morgan fingerprint density at radius 3 is 2.94 bits per heavy atom. The minimum Gasteiger partial charge on any atom is -0.343 e. The van der Waals surface area contributed by atoms with E-state index in [2.05, 4.69) is 10.3 Å². The van der Waals surface area contributed by atoms with Gasteiger partial charge in [-0.15, -0.1) is 0 Å². The molecule has 2 amide bonds. The van der Waals surface area contributed by atoms with E-state index in [1.54, 1.807) is 0 Å². The molecule has 0 aromatic rings. The van der Waals surface area contributed by atoms with Crippen molar-refractivity contribution in [2.75, 3.05) is 25.4 Å². The fourth-order valence-electron chi connectivity index (χ4n) is 1.83. The molecule has 0 saturated carbocycles. The van der Waals surface area contributed by atoms with Crippen LogP contribution >= 0.6 is 11.8 Å². The second kappa shape index (κ2) is 5.34. The highest BCUT2D eigenvalue weighted by molar-refractivity contribution is 8.14. The molecule has 2 rings (SSSR count). The van der Waals surface area contributed by atoms with E-state index in [0.717, 1.165) is 31.8 Å². The number of likely N-dealkylation sites (tertiary alicyclic amines) is 1. The Bertz CT molecular complexity index is 330. The molecule has 0 aliphatic carbocycles. The molecule has 0 aromatic heterocycles. The molecule has 88 valence electrons. The van der Waals surface area contributed by atoms with Crippen LogP contribution in [0, 0.1) is 0 Å². The summed E-state index contributed by atoms with van der Waals surface area (Å²) in [4.78, 5) is 28.3. The van der Waals surface area contributed by atoms with Crippen LogP contribution in [0.3, 0.4) is 0 Å². The van der Waals surface area contributed by atoms with Gasteiger partial charge in [0.1, 0.15) is 5.84 Å². The molecule has 0 unspecified atom stereocenters. The first-order valence-electron chi connectivity index (χ1n) is 5.50. The maximum absolute atomic E-state index is 11.3. The van der Waals surface area contributed by atoms with Gasteiger partial charge in [-0.25, -0.2) is 0 Å². The van der Waals surface area contributed by atoms with E-state index >= 15 is 0 Å². The Kier molecular flexibility index (Phi) is 3.82. The Labute approximate surface area is 98.7 Å². The SMILES string of the molecule is O=C1NC(=NCCCN2CCCC2=O)CS1. The average Bonchev–Trinajstić information content (AvgIpc) is 2.83. The van der Waals surface area contributed by atoms with Crippen LogP contribution < -0.4 is 5.32 Å². The summed E-state index contributed by atoms with van der Waals surface area (Å²) in [7, 11) is 0. The predicted molar refractivity (Wildman–Crippen MR) is 63.7 cm³/mol. The zero-order valence-electron chi connectivity index (χ0n) is 9.07. The van der Waals surface area contributed by atoms with Crippen molar-refractivity contribution in [3.8, 4) is 0 Å². The molecule has 1 N–H and O–H groups in total. The Morgan fingerprint density at radius 1 is 1.44 bits per heavy atom. The van der Waals surface area contributed by atoms with Crippen LogP contribution in [0.5, 0.6) is 0 Å². The van der Waals surface area contributed by atoms with Crippen LogP contribution in [0.25, 0.3) is 0 Å². The molecule has 2 aliphatic heterocycles. The molecule has 2 aliphatic rings. The van der Waals surface area contributed by atoms with Gasteiger partial charge in [-0.1, -0.05) is 11.8 Å². The number of rotatable bonds is 4. The Hall–Kier alpha value is -1.04. The number of carbonyl (C=O) groups excluding carboxylic acids is 2. The predicted octanol–water partition coefficient (Wildman–Crippen LogP) is 0.854. The minimum absolute atomic E-state index is 0.0199. The van der Waals surface area contributed by atoms with Crippen molar-refractivity contribution in [3.63, 3.8) is 0 Å². The van der Waals surface area contributed by atoms with E-state index in [1.165, 1.54) is 11.8 Å². The number of amides is 2. The summed E-state index contributed by atoms with van der Waals surface area (Å²) in [5, 5.41) is 2.66. The summed E-state index contributed by atoms with van der Waals surface area (Å²) in [5.41, 5.74) is 0. The van der Waals surface area contributed by atoms with Crippen molar-refractivity contribution in [2.24, 2.45) is 4.99 Å². The van der Waals surface area contributed by atoms with Gasteiger partial charge in [0.2, 0.25) is 5.91 Å². The molecule has 16 heavy (non-hydrogen) atoms. The molecule has 2 fully saturated rings. The van der Waals surface area contributed by atoms with E-state index in [1.807, 2.05) is 4.90 Å². The van der Waals surface area contributed by atoms with Gasteiger partial charge in [-0.2, -0.15) is 0 Å². The van der Waals surface area contributed by atoms with Crippen LogP contribution in [-0.2, 0) is 4.79 Å². The Morgan fingerprint density at radius 2 is 2.31 bits per heavy atom. The third-order valence-electron chi connectivity index (χ3n) is 2.65. The van der Waals surface area contributed by atoms with Gasteiger partial charge in [0, 0.05) is 26.1 Å². The van der Waals surface area contributed by atoms with E-state index in [4.69, 9.17) is 0 Å². The molecule has 0 atom stereocenters. The number of hydrogen-bond donors (Lipinski definition) is 1. The lowest BCUT2D eigenvalue weighted by Crippen LogP contribution is -2.26. The van der Waals surface area contributed by atoms with Crippen molar-refractivity contribution < 1.29 is 9.59 Å². The van der Waals surface area contributed by atoms with Crippen LogP contribution in [0.4, 0.5) is 4.79 Å². The summed E-state index contributed by atoms with van der Waals surface area (Å²) in [6.07, 6.45) is 2.55. The zero-order chi connectivity index (χ0) is 11.4. The van der Waals surface area contributed by atoms with Crippen LogP contribution in [0.1, 0.15) is 19.3 Å². The number of thioether (sulfide) groups is 1. The van der Waals surface area contributed by atoms with Crippen LogP contribution in [0.15, 0.2) is 4.99 Å². The third kappa shape index (κ3) is 2.98. The second-order valence-corrected chi connectivity index (χ2v) is 4.82. The molecule has 0 spiro atoms. The lowest BCUT2D eigenvalue weighted by Gasteiger charge is -2.13. The quantitative estimate of drug-likeness (QED) is 0.742. The maximum atomic E-state index is 11.3. The summed E-state index contributed by atoms with van der Waals surface area (Å²) >= 11 is 1.24. The van der Waals surface area contributed by atoms with Crippen molar-refractivity contribution >= 4 is 28.7 Å². The van der Waals surface area contributed by atoms with E-state index in [9.17, 15) is 9.59 Å². The van der Waals surface area contributed by atoms with Crippen molar-refractivity contribution in [3.05, 3.63) is 0 Å². The molecule has 0 bridgehead atoms. The first kappa shape index (κ1) is 11.4. The fourth-order valence-corrected chi connectivity index (χ4v) is 2.45. The van der Waals surface area contributed by atoms with Gasteiger partial charge in [-0.3, -0.25) is 14.6 Å². The molecule has 5 nitrogen and oxygen atoms in total. The van der Waals surface area contributed by atoms with Crippen LogP contribution in [-0.4, -0.2) is 47.3 Å². The highest BCUT2D eigenvalue weighted by atomic mass is 32.2. The molecule has 2 heterocycles. The normalized spacial score (nSPS) is 23.2. The summed E-state index contributed by atoms with van der Waals surface area (Å²) in [6.45, 7) is 2.36. The minimum atomic E-state index is -0.0199. The number of nitrogens with one attached hydrogen (secondary N) is 1. The van der Waals surface area contributed by atoms with E-state index in [-0.39, 0.29) is 11.1 Å². The molecular formula is C10H15N3O2S. The van der Waals surface area contributed by atoms with Gasteiger partial charge in [0.25, 0.3) is 5.24 Å². The summed E-state index contributed by atoms with van der Waals surface area (Å²) in [5.74, 6) is 1.68. The molecule has 0 aromatic carbocycles. The van der Waals surface area contributed by atoms with Gasteiger partial charge < -0.3 is 10.2 Å². The topological polar surface area (TPSA) is 61.8 Å². The maximum Gasteiger partial charge on any atom is 0.284 e. The van der Waals surface area contributed by atoms with Gasteiger partial charge >= 0.3 is 0 Å². The highest BCUT2D eigenvalue weighted by Crippen LogP contribution is 2.11. The number of carbonyl (C=O) groups is 2. The standard InChI is InChI=1S/C10H15N3O2S/c14-9-3-1-5-13(9)6-2-4-11-8-7-16-10(15)12-8/h1-7H2,(H,11,12,15). The van der Waals surface area contributed by atoms with Crippen molar-refractivity contribution in [1.82, 2.24) is 10.2 Å². The monoisotopic (exact) mass is 241 g/mol. The summed E-state index contributed by atoms with van der Waals surface area (Å²) in [6, 6.07) is 0. The van der Waals surface area contributed by atoms with Gasteiger partial charge in [0.15, 0.2) is 0 Å². The largest absolute Gasteiger partial charge is 0.343 e. The Balaban J connectivity index is 1.65. The van der Waals surface area contributed by atoms with E-state index in [0.29, 0.717) is 18.7 Å². The second-order valence-electron chi connectivity index (χ2n) is 3.87. The lowest BCUT2D eigenvalue weighted by molar-refractivity contribution is -0.127. The lowest BCUT2D eigenvalue weighted by atomic mass is 10.4. The molecule has 6 heteroatoms. The first-order chi connectivity index (χ1) is 7.75. The number of amidine groups is 1. The number of aliphatic imine (C=N–C) groups is 1. The van der Waals surface area contributed by atoms with E-state index < -0.39 is 0 Å². The first-order valence-corrected chi connectivity index (χ1v) is 6.49. The van der Waals surface area contributed by atoms with Crippen molar-refractivity contribution in [2.45, 2.75) is 19.3 Å². The average molecular weight is 241 g/mol. The molecular weight excluding hydrogens is 226 g/mol. The number of hydrogen-bond acceptors (Lipinski definition) is 4. The summed E-state index contributed by atoms with van der Waals surface area (Å²) < 4.78 is 0. The van der Waals surface area contributed by atoms with Crippen LogP contribution in [0.2, 0.25) is 0 Å². The third-order valence-corrected chi connectivity index (χ3v) is 3.43. The van der Waals surface area contributed by atoms with Crippen molar-refractivity contribution in [1.29, 1.82) is 0 Å². The smallest absolute Gasteiger partial charge is 0.284 e. The zero-order valence-corrected chi connectivity index (χ0v) is 9.89. The molecule has 0 radical (unpaired) electrons. The highest BCUT2D eigenvalue weighted by Gasteiger charge is 2.19. The number of nitrogens with zero attached hydrogens (tertiary/aromatic N) is 2. The fraction of sp³-hybridized carbons (Fsp3) is 0.700. The molecule has 2 saturated heterocycles.